The van der Waals surface area contributed by atoms with Crippen LogP contribution in [0.2, 0.25) is 0 Å². The van der Waals surface area contributed by atoms with Crippen molar-refractivity contribution in [1.82, 2.24) is 0 Å². The number of benzene rings is 2. The van der Waals surface area contributed by atoms with Gasteiger partial charge in [-0.2, -0.15) is 0 Å². The van der Waals surface area contributed by atoms with Crippen LogP contribution in [0.1, 0.15) is 29.9 Å². The van der Waals surface area contributed by atoms with Gasteiger partial charge >= 0.3 is 0 Å². The molecule has 0 fully saturated rings. The highest BCUT2D eigenvalue weighted by Crippen LogP contribution is 2.40. The van der Waals surface area contributed by atoms with Crippen LogP contribution in [0.3, 0.4) is 0 Å². The maximum absolute atomic E-state index is 5.56. The molecule has 0 aliphatic heterocycles. The molecule has 0 aromatic heterocycles. The van der Waals surface area contributed by atoms with E-state index >= 15 is 0 Å². The Morgan fingerprint density at radius 3 is 2.03 bits per heavy atom. The maximum atomic E-state index is 5.56. The molecule has 1 aliphatic carbocycles. The third kappa shape index (κ3) is 4.56. The molecule has 0 heterocycles. The summed E-state index contributed by atoms with van der Waals surface area (Å²) in [5, 5.41) is 0. The van der Waals surface area contributed by atoms with Crippen molar-refractivity contribution in [2.45, 2.75) is 18.8 Å². The van der Waals surface area contributed by atoms with Crippen molar-refractivity contribution in [2.75, 3.05) is 35.5 Å². The van der Waals surface area contributed by atoms with Gasteiger partial charge < -0.3 is 23.7 Å². The predicted molar refractivity (Wildman–Crippen MR) is 119 cm³/mol. The van der Waals surface area contributed by atoms with Crippen LogP contribution in [0.5, 0.6) is 28.7 Å². The first kappa shape index (κ1) is 21.6. The molecule has 3 rings (SSSR count). The van der Waals surface area contributed by atoms with E-state index in [1.165, 1.54) is 5.56 Å². The molecule has 2 aromatic carbocycles. The quantitative estimate of drug-likeness (QED) is 0.538. The summed E-state index contributed by atoms with van der Waals surface area (Å²) in [6, 6.07) is 9.94. The Morgan fingerprint density at radius 1 is 0.733 bits per heavy atom. The molecule has 2 aromatic rings. The standard InChI is InChI=1S/C25H30O5/c1-26-21-13-12-18(14-23(21)28-3)20-9-7-6-8-17(20)10-11-19-15-24(29-4)25(30-5)16-22(19)27-2/h7,9-17,20H,6,8H2,1-5H3/b11-10+/t17-,20-/m1/s1. The Hall–Kier alpha value is -3.08. The highest BCUT2D eigenvalue weighted by Gasteiger charge is 2.22. The normalized spacial score (nSPS) is 18.3. The lowest BCUT2D eigenvalue weighted by molar-refractivity contribution is 0.348. The van der Waals surface area contributed by atoms with Crippen molar-refractivity contribution >= 4 is 6.08 Å². The lowest BCUT2D eigenvalue weighted by Gasteiger charge is -2.26. The molecule has 0 N–H and O–H groups in total. The van der Waals surface area contributed by atoms with E-state index in [9.17, 15) is 0 Å². The maximum Gasteiger partial charge on any atom is 0.164 e. The van der Waals surface area contributed by atoms with Gasteiger partial charge in [-0.3, -0.25) is 0 Å². The van der Waals surface area contributed by atoms with Gasteiger partial charge in [-0.05, 0) is 42.5 Å². The van der Waals surface area contributed by atoms with E-state index in [4.69, 9.17) is 23.7 Å². The minimum absolute atomic E-state index is 0.265. The second-order valence-electron chi connectivity index (χ2n) is 7.12. The van der Waals surface area contributed by atoms with Crippen molar-refractivity contribution in [3.05, 3.63) is 59.7 Å². The van der Waals surface area contributed by atoms with Gasteiger partial charge in [-0.25, -0.2) is 0 Å². The molecular weight excluding hydrogens is 380 g/mol. The van der Waals surface area contributed by atoms with E-state index in [1.807, 2.05) is 18.2 Å². The zero-order chi connectivity index (χ0) is 21.5. The first-order valence-corrected chi connectivity index (χ1v) is 10.0. The molecule has 1 aliphatic rings. The van der Waals surface area contributed by atoms with Crippen LogP contribution in [-0.4, -0.2) is 35.5 Å². The Kier molecular flexibility index (Phi) is 7.28. The number of rotatable bonds is 8. The first-order valence-electron chi connectivity index (χ1n) is 10.0. The number of hydrogen-bond donors (Lipinski definition) is 0. The highest BCUT2D eigenvalue weighted by molar-refractivity contribution is 5.64. The van der Waals surface area contributed by atoms with Gasteiger partial charge in [0.05, 0.1) is 35.5 Å². The summed E-state index contributed by atoms with van der Waals surface area (Å²) < 4.78 is 27.3. The van der Waals surface area contributed by atoms with Gasteiger partial charge in [0.25, 0.3) is 0 Å². The van der Waals surface area contributed by atoms with Crippen LogP contribution in [-0.2, 0) is 0 Å². The monoisotopic (exact) mass is 410 g/mol. The van der Waals surface area contributed by atoms with Gasteiger partial charge in [-0.1, -0.05) is 30.4 Å². The summed E-state index contributed by atoms with van der Waals surface area (Å²) in [5.41, 5.74) is 2.16. The van der Waals surface area contributed by atoms with Gasteiger partial charge in [0.2, 0.25) is 0 Å². The van der Waals surface area contributed by atoms with Gasteiger partial charge in [0.1, 0.15) is 5.75 Å². The van der Waals surface area contributed by atoms with Gasteiger partial charge in [0.15, 0.2) is 23.0 Å². The Morgan fingerprint density at radius 2 is 1.37 bits per heavy atom. The van der Waals surface area contributed by atoms with Crippen molar-refractivity contribution in [3.8, 4) is 28.7 Å². The lowest BCUT2D eigenvalue weighted by atomic mass is 9.79. The van der Waals surface area contributed by atoms with Crippen LogP contribution in [0.15, 0.2) is 48.6 Å². The average molecular weight is 411 g/mol. The van der Waals surface area contributed by atoms with Crippen LogP contribution in [0.4, 0.5) is 0 Å². The van der Waals surface area contributed by atoms with E-state index in [-0.39, 0.29) is 5.92 Å². The summed E-state index contributed by atoms with van der Waals surface area (Å²) in [5.74, 6) is 4.18. The molecule has 5 nitrogen and oxygen atoms in total. The zero-order valence-electron chi connectivity index (χ0n) is 18.3. The predicted octanol–water partition coefficient (Wildman–Crippen LogP) is 5.49. The fourth-order valence-electron chi connectivity index (χ4n) is 3.90. The number of allylic oxidation sites excluding steroid dienone is 3. The summed E-state index contributed by atoms with van der Waals surface area (Å²) in [6.07, 6.45) is 11.0. The number of methoxy groups -OCH3 is 5. The fraction of sp³-hybridized carbons (Fsp3) is 0.360. The molecule has 0 spiro atoms. The number of ether oxygens (including phenoxy) is 5. The van der Waals surface area contributed by atoms with E-state index < -0.39 is 0 Å². The Labute approximate surface area is 178 Å². The smallest absolute Gasteiger partial charge is 0.164 e. The molecule has 30 heavy (non-hydrogen) atoms. The first-order chi connectivity index (χ1) is 14.6. The van der Waals surface area contributed by atoms with Crippen LogP contribution in [0.25, 0.3) is 6.08 Å². The molecule has 0 radical (unpaired) electrons. The minimum Gasteiger partial charge on any atom is -0.496 e. The van der Waals surface area contributed by atoms with Crippen molar-refractivity contribution < 1.29 is 23.7 Å². The minimum atomic E-state index is 0.265. The van der Waals surface area contributed by atoms with E-state index in [2.05, 4.69) is 36.4 Å². The van der Waals surface area contributed by atoms with Crippen molar-refractivity contribution in [2.24, 2.45) is 5.92 Å². The summed E-state index contributed by atoms with van der Waals surface area (Å²) in [7, 11) is 8.24. The molecule has 0 unspecified atom stereocenters. The molecular formula is C25H30O5. The third-order valence-corrected chi connectivity index (χ3v) is 5.52. The van der Waals surface area contributed by atoms with Crippen LogP contribution in [0, 0.1) is 5.92 Å². The molecule has 0 bridgehead atoms. The lowest BCUT2D eigenvalue weighted by Crippen LogP contribution is -2.12. The molecule has 0 amide bonds. The number of hydrogen-bond acceptors (Lipinski definition) is 5. The topological polar surface area (TPSA) is 46.2 Å². The van der Waals surface area contributed by atoms with Crippen LogP contribution >= 0.6 is 0 Å². The van der Waals surface area contributed by atoms with Gasteiger partial charge in [0, 0.05) is 17.5 Å². The average Bonchev–Trinajstić information content (AvgIpc) is 2.81. The fourth-order valence-corrected chi connectivity index (χ4v) is 3.90. The van der Waals surface area contributed by atoms with Crippen molar-refractivity contribution in [3.63, 3.8) is 0 Å². The zero-order valence-corrected chi connectivity index (χ0v) is 18.3. The summed E-state index contributed by atoms with van der Waals surface area (Å²) in [4.78, 5) is 0. The van der Waals surface area contributed by atoms with E-state index in [0.717, 1.165) is 35.7 Å². The van der Waals surface area contributed by atoms with Crippen molar-refractivity contribution in [1.29, 1.82) is 0 Å². The second-order valence-corrected chi connectivity index (χ2v) is 7.12. The molecule has 2 atom stereocenters. The third-order valence-electron chi connectivity index (χ3n) is 5.52. The molecule has 0 saturated carbocycles. The molecule has 5 heteroatoms. The van der Waals surface area contributed by atoms with Gasteiger partial charge in [-0.15, -0.1) is 0 Å². The Bertz CT molecular complexity index is 916. The van der Waals surface area contributed by atoms with E-state index in [0.29, 0.717) is 17.4 Å². The molecule has 160 valence electrons. The SMILES string of the molecule is COc1cc(OC)c(OC)cc1/C=C/[C@H]1CCC=C[C@H]1c1ccc(OC)c(OC)c1. The largest absolute Gasteiger partial charge is 0.496 e. The van der Waals surface area contributed by atoms with E-state index in [1.54, 1.807) is 35.5 Å². The second kappa shape index (κ2) is 10.1. The Balaban J connectivity index is 1.92. The molecule has 0 saturated heterocycles. The summed E-state index contributed by atoms with van der Waals surface area (Å²) in [6.45, 7) is 0. The summed E-state index contributed by atoms with van der Waals surface area (Å²) >= 11 is 0. The highest BCUT2D eigenvalue weighted by atomic mass is 16.5. The van der Waals surface area contributed by atoms with Crippen LogP contribution < -0.4 is 23.7 Å².